The van der Waals surface area contributed by atoms with Crippen LogP contribution in [-0.4, -0.2) is 24.6 Å². The van der Waals surface area contributed by atoms with Crippen molar-refractivity contribution in [1.29, 1.82) is 0 Å². The van der Waals surface area contributed by atoms with Crippen LogP contribution in [0.15, 0.2) is 33.9 Å². The number of benzene rings is 1. The zero-order valence-electron chi connectivity index (χ0n) is 11.1. The number of imidazole rings is 1. The second-order valence-corrected chi connectivity index (χ2v) is 7.13. The predicted molar refractivity (Wildman–Crippen MR) is 83.0 cm³/mol. The highest BCUT2D eigenvalue weighted by atomic mass is 79.9. The Morgan fingerprint density at radius 1 is 1.48 bits per heavy atom. The van der Waals surface area contributed by atoms with E-state index in [1.54, 1.807) is 12.3 Å². The van der Waals surface area contributed by atoms with Gasteiger partial charge < -0.3 is 9.30 Å². The number of primary sulfonamides is 1. The summed E-state index contributed by atoms with van der Waals surface area (Å²) < 4.78 is 31.1. The molecule has 0 radical (unpaired) electrons. The quantitative estimate of drug-likeness (QED) is 0.843. The van der Waals surface area contributed by atoms with Crippen LogP contribution >= 0.6 is 27.5 Å². The lowest BCUT2D eigenvalue weighted by Gasteiger charge is -2.13. The molecule has 114 valence electrons. The van der Waals surface area contributed by atoms with Gasteiger partial charge in [0.2, 0.25) is 10.0 Å². The Morgan fingerprint density at radius 3 is 2.76 bits per heavy atom. The van der Waals surface area contributed by atoms with E-state index in [4.69, 9.17) is 21.5 Å². The third kappa shape index (κ3) is 3.97. The Labute approximate surface area is 136 Å². The van der Waals surface area contributed by atoms with E-state index in [1.807, 2.05) is 17.7 Å². The van der Waals surface area contributed by atoms with Crippen LogP contribution < -0.4 is 9.88 Å². The molecule has 6 nitrogen and oxygen atoms in total. The van der Waals surface area contributed by atoms with Gasteiger partial charge >= 0.3 is 0 Å². The standard InChI is InChI=1S/C12H13BrClN3O3S/c1-8-16-2-3-17(8)4-5-20-12-10(14)6-9(13)7-11(12)21(15,18)19/h2-3,6-7H,4-5H2,1H3,(H2,15,18,19). The third-order valence-electron chi connectivity index (χ3n) is 2.78. The van der Waals surface area contributed by atoms with Crippen molar-refractivity contribution in [2.24, 2.45) is 5.14 Å². The summed E-state index contributed by atoms with van der Waals surface area (Å²) in [6, 6.07) is 2.91. The lowest BCUT2D eigenvalue weighted by Crippen LogP contribution is -2.16. The molecular weight excluding hydrogens is 382 g/mol. The summed E-state index contributed by atoms with van der Waals surface area (Å²) in [6.45, 7) is 2.62. The van der Waals surface area contributed by atoms with Crippen molar-refractivity contribution >= 4 is 37.6 Å². The monoisotopic (exact) mass is 393 g/mol. The number of aromatic nitrogens is 2. The number of sulfonamides is 1. The van der Waals surface area contributed by atoms with E-state index < -0.39 is 10.0 Å². The minimum absolute atomic E-state index is 0.0557. The molecular formula is C12H13BrClN3O3S. The van der Waals surface area contributed by atoms with Crippen molar-refractivity contribution in [3.8, 4) is 5.75 Å². The minimum Gasteiger partial charge on any atom is -0.489 e. The molecule has 2 rings (SSSR count). The number of halogens is 2. The van der Waals surface area contributed by atoms with Crippen LogP contribution in [0.4, 0.5) is 0 Å². The molecule has 0 unspecified atom stereocenters. The molecule has 2 N–H and O–H groups in total. The number of nitrogens with zero attached hydrogens (tertiary/aromatic N) is 2. The molecule has 0 amide bonds. The van der Waals surface area contributed by atoms with Gasteiger partial charge in [0.25, 0.3) is 0 Å². The topological polar surface area (TPSA) is 87.2 Å². The van der Waals surface area contributed by atoms with Gasteiger partial charge in [-0.05, 0) is 19.1 Å². The van der Waals surface area contributed by atoms with Gasteiger partial charge in [0.05, 0.1) is 11.6 Å². The average molecular weight is 395 g/mol. The van der Waals surface area contributed by atoms with Gasteiger partial charge in [-0.25, -0.2) is 18.5 Å². The van der Waals surface area contributed by atoms with Gasteiger partial charge in [-0.2, -0.15) is 0 Å². The van der Waals surface area contributed by atoms with E-state index in [9.17, 15) is 8.42 Å². The number of hydrogen-bond acceptors (Lipinski definition) is 4. The molecule has 0 saturated carbocycles. The highest BCUT2D eigenvalue weighted by Crippen LogP contribution is 2.34. The lowest BCUT2D eigenvalue weighted by molar-refractivity contribution is 0.290. The molecule has 0 aliphatic carbocycles. The largest absolute Gasteiger partial charge is 0.489 e. The first-order valence-electron chi connectivity index (χ1n) is 5.91. The summed E-state index contributed by atoms with van der Waals surface area (Å²) in [5.41, 5.74) is 0. The van der Waals surface area contributed by atoms with Crippen molar-refractivity contribution in [3.05, 3.63) is 39.8 Å². The van der Waals surface area contributed by atoms with E-state index >= 15 is 0 Å². The fraction of sp³-hybridized carbons (Fsp3) is 0.250. The van der Waals surface area contributed by atoms with E-state index in [2.05, 4.69) is 20.9 Å². The Hall–Kier alpha value is -1.09. The van der Waals surface area contributed by atoms with Crippen LogP contribution in [0.25, 0.3) is 0 Å². The van der Waals surface area contributed by atoms with Crippen LogP contribution in [-0.2, 0) is 16.6 Å². The molecule has 0 saturated heterocycles. The number of nitrogens with two attached hydrogens (primary N) is 1. The first kappa shape index (κ1) is 16.3. The smallest absolute Gasteiger partial charge is 0.241 e. The van der Waals surface area contributed by atoms with Crippen LogP contribution in [0.5, 0.6) is 5.75 Å². The summed E-state index contributed by atoms with van der Waals surface area (Å²) in [6.07, 6.45) is 3.49. The molecule has 0 aliphatic heterocycles. The molecule has 1 aromatic heterocycles. The van der Waals surface area contributed by atoms with E-state index in [1.165, 1.54) is 6.07 Å². The highest BCUT2D eigenvalue weighted by molar-refractivity contribution is 9.10. The normalized spacial score (nSPS) is 11.6. The summed E-state index contributed by atoms with van der Waals surface area (Å²) in [7, 11) is -3.93. The number of ether oxygens (including phenoxy) is 1. The van der Waals surface area contributed by atoms with Gasteiger partial charge in [0, 0.05) is 16.9 Å². The van der Waals surface area contributed by atoms with Crippen molar-refractivity contribution in [3.63, 3.8) is 0 Å². The number of hydrogen-bond donors (Lipinski definition) is 1. The Balaban J connectivity index is 2.22. The second kappa shape index (κ2) is 6.35. The average Bonchev–Trinajstić information content (AvgIpc) is 2.76. The summed E-state index contributed by atoms with van der Waals surface area (Å²) >= 11 is 9.21. The predicted octanol–water partition coefficient (Wildman–Crippen LogP) is 2.33. The maximum Gasteiger partial charge on any atom is 0.241 e. The van der Waals surface area contributed by atoms with Crippen LogP contribution in [0, 0.1) is 6.92 Å². The summed E-state index contributed by atoms with van der Waals surface area (Å²) in [5.74, 6) is 0.896. The maximum absolute atomic E-state index is 11.6. The molecule has 9 heteroatoms. The SMILES string of the molecule is Cc1nccn1CCOc1c(Cl)cc(Br)cc1S(N)(=O)=O. The second-order valence-electron chi connectivity index (χ2n) is 4.28. The van der Waals surface area contributed by atoms with Gasteiger partial charge in [-0.1, -0.05) is 27.5 Å². The molecule has 1 aromatic carbocycles. The Kier molecular flexibility index (Phi) is 4.92. The lowest BCUT2D eigenvalue weighted by atomic mass is 10.3. The van der Waals surface area contributed by atoms with E-state index in [0.717, 1.165) is 5.82 Å². The summed E-state index contributed by atoms with van der Waals surface area (Å²) in [5, 5.41) is 5.36. The molecule has 0 atom stereocenters. The number of aryl methyl sites for hydroxylation is 1. The fourth-order valence-electron chi connectivity index (χ4n) is 1.77. The van der Waals surface area contributed by atoms with Crippen LogP contribution in [0.3, 0.4) is 0 Å². The molecule has 0 spiro atoms. The Morgan fingerprint density at radius 2 is 2.19 bits per heavy atom. The number of rotatable bonds is 5. The zero-order chi connectivity index (χ0) is 15.6. The van der Waals surface area contributed by atoms with Gasteiger partial charge in [0.1, 0.15) is 17.3 Å². The third-order valence-corrected chi connectivity index (χ3v) is 4.44. The van der Waals surface area contributed by atoms with E-state index in [-0.39, 0.29) is 22.3 Å². The molecule has 0 aliphatic rings. The zero-order valence-corrected chi connectivity index (χ0v) is 14.2. The van der Waals surface area contributed by atoms with Gasteiger partial charge in [-0.15, -0.1) is 0 Å². The van der Waals surface area contributed by atoms with Crippen molar-refractivity contribution in [1.82, 2.24) is 9.55 Å². The van der Waals surface area contributed by atoms with Crippen molar-refractivity contribution in [2.45, 2.75) is 18.4 Å². The van der Waals surface area contributed by atoms with E-state index in [0.29, 0.717) is 11.0 Å². The fourth-order valence-corrected chi connectivity index (χ4v) is 3.56. The van der Waals surface area contributed by atoms with Crippen LogP contribution in [0.1, 0.15) is 5.82 Å². The van der Waals surface area contributed by atoms with Crippen LogP contribution in [0.2, 0.25) is 5.02 Å². The van der Waals surface area contributed by atoms with Gasteiger partial charge in [-0.3, -0.25) is 0 Å². The van der Waals surface area contributed by atoms with Gasteiger partial charge in [0.15, 0.2) is 5.75 Å². The van der Waals surface area contributed by atoms with Crippen molar-refractivity contribution in [2.75, 3.05) is 6.61 Å². The first-order chi connectivity index (χ1) is 9.79. The maximum atomic E-state index is 11.6. The molecule has 1 heterocycles. The van der Waals surface area contributed by atoms with Crippen molar-refractivity contribution < 1.29 is 13.2 Å². The minimum atomic E-state index is -3.93. The summed E-state index contributed by atoms with van der Waals surface area (Å²) in [4.78, 5) is 3.94. The first-order valence-corrected chi connectivity index (χ1v) is 8.63. The molecule has 0 bridgehead atoms. The molecule has 2 aromatic rings. The molecule has 21 heavy (non-hydrogen) atoms. The molecule has 0 fully saturated rings. The highest BCUT2D eigenvalue weighted by Gasteiger charge is 2.19. The Bertz CT molecular complexity index is 761.